The number of H-pyrrole nitrogens is 1. The number of nitrogens with one attached hydrogen (secondary N) is 1. The van der Waals surface area contributed by atoms with E-state index in [0.29, 0.717) is 0 Å². The molecule has 3 rings (SSSR count). The Bertz CT molecular complexity index is 852. The molecule has 0 bridgehead atoms. The summed E-state index contributed by atoms with van der Waals surface area (Å²) in [6.07, 6.45) is 2.18. The molecule has 0 saturated carbocycles. The molecule has 1 aromatic heterocycles. The highest BCUT2D eigenvalue weighted by Crippen LogP contribution is 2.21. The SMILES string of the molecule is CCN(CC)c1ccc(C=C(C)c2nc3ccc(C)cc3[nH]2)cc1. The highest BCUT2D eigenvalue weighted by Gasteiger charge is 2.05. The van der Waals surface area contributed by atoms with Gasteiger partial charge < -0.3 is 9.88 Å². The number of rotatable bonds is 5. The Morgan fingerprint density at radius 2 is 1.79 bits per heavy atom. The van der Waals surface area contributed by atoms with E-state index in [1.165, 1.54) is 16.8 Å². The highest BCUT2D eigenvalue weighted by molar-refractivity contribution is 5.84. The van der Waals surface area contributed by atoms with Crippen molar-refractivity contribution in [2.24, 2.45) is 0 Å². The molecule has 0 unspecified atom stereocenters. The van der Waals surface area contributed by atoms with Gasteiger partial charge in [0.1, 0.15) is 5.82 Å². The normalized spacial score (nSPS) is 11.9. The van der Waals surface area contributed by atoms with Crippen LogP contribution < -0.4 is 4.90 Å². The summed E-state index contributed by atoms with van der Waals surface area (Å²) in [6, 6.07) is 15.0. The second kappa shape index (κ2) is 6.91. The Hall–Kier alpha value is -2.55. The number of benzene rings is 2. The zero-order valence-corrected chi connectivity index (χ0v) is 14.9. The van der Waals surface area contributed by atoms with Crippen LogP contribution in [-0.4, -0.2) is 23.1 Å². The predicted octanol–water partition coefficient (Wildman–Crippen LogP) is 5.28. The van der Waals surface area contributed by atoms with Gasteiger partial charge in [0.2, 0.25) is 0 Å². The quantitative estimate of drug-likeness (QED) is 0.694. The molecule has 2 aromatic carbocycles. The monoisotopic (exact) mass is 319 g/mol. The summed E-state index contributed by atoms with van der Waals surface area (Å²) >= 11 is 0. The maximum absolute atomic E-state index is 4.69. The number of allylic oxidation sites excluding steroid dienone is 1. The first-order valence-corrected chi connectivity index (χ1v) is 8.60. The van der Waals surface area contributed by atoms with Crippen LogP contribution in [0.4, 0.5) is 5.69 Å². The zero-order chi connectivity index (χ0) is 17.1. The number of nitrogens with zero attached hydrogens (tertiary/aromatic N) is 2. The fourth-order valence-corrected chi connectivity index (χ4v) is 3.00. The standard InChI is InChI=1S/C21H25N3/c1-5-24(6-2)18-10-8-17(9-11-18)14-16(4)21-22-19-12-7-15(3)13-20(19)23-21/h7-14H,5-6H2,1-4H3,(H,22,23). The fourth-order valence-electron chi connectivity index (χ4n) is 3.00. The van der Waals surface area contributed by atoms with Gasteiger partial charge in [0.15, 0.2) is 0 Å². The van der Waals surface area contributed by atoms with Gasteiger partial charge in [-0.05, 0) is 74.7 Å². The van der Waals surface area contributed by atoms with E-state index in [-0.39, 0.29) is 0 Å². The van der Waals surface area contributed by atoms with E-state index in [9.17, 15) is 0 Å². The summed E-state index contributed by atoms with van der Waals surface area (Å²) in [6.45, 7) is 10.6. The summed E-state index contributed by atoms with van der Waals surface area (Å²) in [5, 5.41) is 0. The van der Waals surface area contributed by atoms with Gasteiger partial charge >= 0.3 is 0 Å². The lowest BCUT2D eigenvalue weighted by molar-refractivity contribution is 0.866. The van der Waals surface area contributed by atoms with E-state index in [2.05, 4.69) is 86.1 Å². The molecular weight excluding hydrogens is 294 g/mol. The van der Waals surface area contributed by atoms with E-state index in [1.807, 2.05) is 0 Å². The first-order valence-electron chi connectivity index (χ1n) is 8.60. The molecule has 0 amide bonds. The van der Waals surface area contributed by atoms with Crippen molar-refractivity contribution in [1.82, 2.24) is 9.97 Å². The lowest BCUT2D eigenvalue weighted by Gasteiger charge is -2.20. The summed E-state index contributed by atoms with van der Waals surface area (Å²) < 4.78 is 0. The van der Waals surface area contributed by atoms with Crippen molar-refractivity contribution in [2.75, 3.05) is 18.0 Å². The number of hydrogen-bond acceptors (Lipinski definition) is 2. The van der Waals surface area contributed by atoms with E-state index in [1.54, 1.807) is 0 Å². The molecule has 0 aliphatic heterocycles. The predicted molar refractivity (Wildman–Crippen MR) is 104 cm³/mol. The molecule has 0 aliphatic carbocycles. The van der Waals surface area contributed by atoms with Crippen LogP contribution in [0.2, 0.25) is 0 Å². The van der Waals surface area contributed by atoms with Crippen molar-refractivity contribution in [1.29, 1.82) is 0 Å². The summed E-state index contributed by atoms with van der Waals surface area (Å²) in [4.78, 5) is 10.5. The molecule has 0 radical (unpaired) electrons. The van der Waals surface area contributed by atoms with Gasteiger partial charge in [-0.3, -0.25) is 0 Å². The number of aromatic amines is 1. The van der Waals surface area contributed by atoms with Crippen LogP contribution in [0, 0.1) is 6.92 Å². The van der Waals surface area contributed by atoms with Crippen molar-refractivity contribution >= 4 is 28.4 Å². The second-order valence-corrected chi connectivity index (χ2v) is 6.20. The minimum atomic E-state index is 0.934. The van der Waals surface area contributed by atoms with Crippen LogP contribution in [0.25, 0.3) is 22.7 Å². The summed E-state index contributed by atoms with van der Waals surface area (Å²) in [7, 11) is 0. The lowest BCUT2D eigenvalue weighted by atomic mass is 10.1. The van der Waals surface area contributed by atoms with Crippen molar-refractivity contribution in [3.05, 3.63) is 59.4 Å². The molecule has 1 heterocycles. The second-order valence-electron chi connectivity index (χ2n) is 6.20. The van der Waals surface area contributed by atoms with Crippen LogP contribution in [0.1, 0.15) is 37.7 Å². The van der Waals surface area contributed by atoms with Gasteiger partial charge in [-0.15, -0.1) is 0 Å². The van der Waals surface area contributed by atoms with Crippen LogP contribution in [-0.2, 0) is 0 Å². The molecule has 3 heteroatoms. The maximum Gasteiger partial charge on any atom is 0.134 e. The topological polar surface area (TPSA) is 31.9 Å². The third-order valence-corrected chi connectivity index (χ3v) is 4.42. The minimum absolute atomic E-state index is 0.934. The smallest absolute Gasteiger partial charge is 0.134 e. The molecule has 3 aromatic rings. The third kappa shape index (κ3) is 3.35. The average molecular weight is 319 g/mol. The summed E-state index contributed by atoms with van der Waals surface area (Å²) in [5.41, 5.74) is 6.95. The number of aromatic nitrogens is 2. The third-order valence-electron chi connectivity index (χ3n) is 4.42. The van der Waals surface area contributed by atoms with E-state index >= 15 is 0 Å². The molecule has 24 heavy (non-hydrogen) atoms. The van der Waals surface area contributed by atoms with Crippen LogP contribution >= 0.6 is 0 Å². The van der Waals surface area contributed by atoms with Gasteiger partial charge in [-0.25, -0.2) is 4.98 Å². The van der Waals surface area contributed by atoms with Crippen molar-refractivity contribution in [3.63, 3.8) is 0 Å². The van der Waals surface area contributed by atoms with Gasteiger partial charge in [0.05, 0.1) is 11.0 Å². The largest absolute Gasteiger partial charge is 0.372 e. The Morgan fingerprint density at radius 3 is 2.46 bits per heavy atom. The number of imidazole rings is 1. The first-order chi connectivity index (χ1) is 11.6. The van der Waals surface area contributed by atoms with Gasteiger partial charge in [-0.1, -0.05) is 18.2 Å². The minimum Gasteiger partial charge on any atom is -0.372 e. The first kappa shape index (κ1) is 16.3. The number of hydrogen-bond donors (Lipinski definition) is 1. The molecule has 0 atom stereocenters. The molecule has 0 spiro atoms. The zero-order valence-electron chi connectivity index (χ0n) is 14.9. The lowest BCUT2D eigenvalue weighted by Crippen LogP contribution is -2.21. The van der Waals surface area contributed by atoms with Crippen molar-refractivity contribution < 1.29 is 0 Å². The van der Waals surface area contributed by atoms with Crippen molar-refractivity contribution in [3.8, 4) is 0 Å². The van der Waals surface area contributed by atoms with Crippen LogP contribution in [0.5, 0.6) is 0 Å². The summed E-state index contributed by atoms with van der Waals surface area (Å²) in [5.74, 6) is 0.934. The number of aryl methyl sites for hydroxylation is 1. The van der Waals surface area contributed by atoms with Crippen LogP contribution in [0.15, 0.2) is 42.5 Å². The van der Waals surface area contributed by atoms with Crippen LogP contribution in [0.3, 0.4) is 0 Å². The van der Waals surface area contributed by atoms with E-state index in [4.69, 9.17) is 4.98 Å². The Balaban J connectivity index is 1.86. The Labute approximate surface area is 144 Å². The van der Waals surface area contributed by atoms with Gasteiger partial charge in [0.25, 0.3) is 0 Å². The molecule has 0 fully saturated rings. The van der Waals surface area contributed by atoms with E-state index < -0.39 is 0 Å². The Kier molecular flexibility index (Phi) is 4.70. The number of anilines is 1. The molecule has 124 valence electrons. The van der Waals surface area contributed by atoms with E-state index in [0.717, 1.165) is 35.5 Å². The molecular formula is C21H25N3. The molecule has 0 aliphatic rings. The number of fused-ring (bicyclic) bond motifs is 1. The molecule has 1 N–H and O–H groups in total. The van der Waals surface area contributed by atoms with Gasteiger partial charge in [0, 0.05) is 18.8 Å². The fraction of sp³-hybridized carbons (Fsp3) is 0.286. The molecule has 3 nitrogen and oxygen atoms in total. The van der Waals surface area contributed by atoms with Gasteiger partial charge in [-0.2, -0.15) is 0 Å². The Morgan fingerprint density at radius 1 is 1.08 bits per heavy atom. The van der Waals surface area contributed by atoms with Crippen molar-refractivity contribution in [2.45, 2.75) is 27.7 Å². The maximum atomic E-state index is 4.69. The molecule has 0 saturated heterocycles. The average Bonchev–Trinajstić information content (AvgIpc) is 3.00. The highest BCUT2D eigenvalue weighted by atomic mass is 15.1.